The molecule has 8 heteroatoms. The number of hydrogen-bond acceptors (Lipinski definition) is 5. The van der Waals surface area contributed by atoms with Crippen molar-refractivity contribution in [3.63, 3.8) is 0 Å². The van der Waals surface area contributed by atoms with Gasteiger partial charge in [0, 0.05) is 35.6 Å². The van der Waals surface area contributed by atoms with Crippen molar-refractivity contribution < 1.29 is 4.39 Å². The lowest BCUT2D eigenvalue weighted by Gasteiger charge is -2.05. The van der Waals surface area contributed by atoms with Crippen molar-refractivity contribution in [2.75, 3.05) is 6.54 Å². The van der Waals surface area contributed by atoms with Crippen molar-refractivity contribution in [2.24, 2.45) is 0 Å². The fourth-order valence-corrected chi connectivity index (χ4v) is 4.26. The normalized spacial score (nSPS) is 11.5. The minimum Gasteiger partial charge on any atom is -0.336 e. The number of nitrogens with zero attached hydrogens (tertiary/aromatic N) is 4. The summed E-state index contributed by atoms with van der Waals surface area (Å²) in [4.78, 5) is 17.4. The van der Waals surface area contributed by atoms with Gasteiger partial charge in [0.05, 0.1) is 22.2 Å². The molecule has 0 bridgehead atoms. The molecular weight excluding hydrogens is 441 g/mol. The molecule has 0 aliphatic carbocycles. The number of pyridine rings is 2. The van der Waals surface area contributed by atoms with Crippen molar-refractivity contribution in [3.05, 3.63) is 84.4 Å². The molecule has 0 fully saturated rings. The van der Waals surface area contributed by atoms with E-state index in [0.717, 1.165) is 46.5 Å². The Bertz CT molecular complexity index is 1670. The molecule has 7 nitrogen and oxygen atoms in total. The minimum atomic E-state index is -0.286. The van der Waals surface area contributed by atoms with Gasteiger partial charge in [-0.2, -0.15) is 5.10 Å². The summed E-state index contributed by atoms with van der Waals surface area (Å²) in [5, 5.41) is 10.9. The van der Waals surface area contributed by atoms with Gasteiger partial charge in [-0.25, -0.2) is 14.4 Å². The summed E-state index contributed by atoms with van der Waals surface area (Å²) in [6.07, 6.45) is 3.67. The van der Waals surface area contributed by atoms with Crippen molar-refractivity contribution in [2.45, 2.75) is 13.5 Å². The van der Waals surface area contributed by atoms with Crippen molar-refractivity contribution in [1.82, 2.24) is 35.5 Å². The SMILES string of the molecule is CCNCc1cncc(-c2ccc3[nH]nc(-c4nc5c(-c6ccccc6F)cccc5[nH]4)c3n2)c1. The fourth-order valence-electron chi connectivity index (χ4n) is 4.26. The molecule has 0 atom stereocenters. The van der Waals surface area contributed by atoms with Crippen LogP contribution >= 0.6 is 0 Å². The summed E-state index contributed by atoms with van der Waals surface area (Å²) >= 11 is 0. The number of aromatic nitrogens is 6. The molecular formula is C27H22FN7. The molecule has 0 spiro atoms. The van der Waals surface area contributed by atoms with Crippen LogP contribution in [-0.2, 0) is 6.54 Å². The fraction of sp³-hybridized carbons (Fsp3) is 0.111. The third-order valence-corrected chi connectivity index (χ3v) is 5.98. The molecule has 172 valence electrons. The van der Waals surface area contributed by atoms with Crippen LogP contribution in [0.15, 0.2) is 73.1 Å². The van der Waals surface area contributed by atoms with Crippen LogP contribution in [-0.4, -0.2) is 36.7 Å². The molecule has 4 aromatic heterocycles. The highest BCUT2D eigenvalue weighted by atomic mass is 19.1. The number of rotatable bonds is 6. The summed E-state index contributed by atoms with van der Waals surface area (Å²) in [5.41, 5.74) is 7.64. The first kappa shape index (κ1) is 21.1. The topological polar surface area (TPSA) is 95.2 Å². The predicted octanol–water partition coefficient (Wildman–Crippen LogP) is 5.48. The lowest BCUT2D eigenvalue weighted by molar-refractivity contribution is 0.631. The number of imidazole rings is 1. The third kappa shape index (κ3) is 3.83. The quantitative estimate of drug-likeness (QED) is 0.304. The number of hydrogen-bond donors (Lipinski definition) is 3. The third-order valence-electron chi connectivity index (χ3n) is 5.98. The van der Waals surface area contributed by atoms with E-state index in [0.29, 0.717) is 28.1 Å². The number of fused-ring (bicyclic) bond motifs is 2. The Hall–Kier alpha value is -4.43. The summed E-state index contributed by atoms with van der Waals surface area (Å²) in [7, 11) is 0. The number of benzene rings is 2. The average Bonchev–Trinajstić information content (AvgIpc) is 3.51. The van der Waals surface area contributed by atoms with Crippen LogP contribution in [0.1, 0.15) is 12.5 Å². The van der Waals surface area contributed by atoms with Gasteiger partial charge in [-0.3, -0.25) is 10.1 Å². The van der Waals surface area contributed by atoms with E-state index < -0.39 is 0 Å². The van der Waals surface area contributed by atoms with Crippen LogP contribution < -0.4 is 5.32 Å². The van der Waals surface area contributed by atoms with Crippen molar-refractivity contribution in [3.8, 4) is 33.9 Å². The summed E-state index contributed by atoms with van der Waals surface area (Å²) in [6.45, 7) is 3.72. The molecule has 0 aliphatic rings. The number of H-pyrrole nitrogens is 2. The molecule has 0 aliphatic heterocycles. The monoisotopic (exact) mass is 463 g/mol. The molecule has 0 saturated carbocycles. The van der Waals surface area contributed by atoms with Gasteiger partial charge in [0.25, 0.3) is 0 Å². The zero-order valence-electron chi connectivity index (χ0n) is 19.0. The van der Waals surface area contributed by atoms with Gasteiger partial charge in [-0.05, 0) is 42.4 Å². The van der Waals surface area contributed by atoms with E-state index in [9.17, 15) is 4.39 Å². The standard InChI is InChI=1S/C27H22FN7/c1-2-29-13-16-12-17(15-30-14-16)21-10-11-23-25(31-21)26(35-34-23)27-32-22-9-5-7-19(24(22)33-27)18-6-3-4-8-20(18)28/h3-12,14-15,29H,2,13H2,1H3,(H,32,33)(H,34,35). The Morgan fingerprint density at radius 1 is 0.886 bits per heavy atom. The summed E-state index contributed by atoms with van der Waals surface area (Å²) in [5.74, 6) is 0.282. The van der Waals surface area contributed by atoms with Crippen molar-refractivity contribution in [1.29, 1.82) is 0 Å². The molecule has 0 radical (unpaired) electrons. The predicted molar refractivity (Wildman–Crippen MR) is 135 cm³/mol. The molecule has 3 N–H and O–H groups in total. The Morgan fingerprint density at radius 2 is 1.77 bits per heavy atom. The van der Waals surface area contributed by atoms with Crippen LogP contribution in [0.25, 0.3) is 56.0 Å². The molecule has 4 heterocycles. The first-order chi connectivity index (χ1) is 17.2. The van der Waals surface area contributed by atoms with E-state index in [1.807, 2.05) is 48.8 Å². The van der Waals surface area contributed by atoms with E-state index in [1.54, 1.807) is 12.1 Å². The van der Waals surface area contributed by atoms with Gasteiger partial charge in [0.2, 0.25) is 0 Å². The number of aromatic amines is 2. The maximum absolute atomic E-state index is 14.5. The van der Waals surface area contributed by atoms with E-state index in [-0.39, 0.29) is 5.82 Å². The van der Waals surface area contributed by atoms with Crippen LogP contribution in [0.3, 0.4) is 0 Å². The smallest absolute Gasteiger partial charge is 0.161 e. The number of para-hydroxylation sites is 1. The van der Waals surface area contributed by atoms with Crippen LogP contribution in [0.4, 0.5) is 4.39 Å². The Kier molecular flexibility index (Phi) is 5.27. The van der Waals surface area contributed by atoms with Crippen LogP contribution in [0.2, 0.25) is 0 Å². The van der Waals surface area contributed by atoms with Crippen LogP contribution in [0, 0.1) is 5.82 Å². The van der Waals surface area contributed by atoms with Crippen molar-refractivity contribution >= 4 is 22.1 Å². The second kappa shape index (κ2) is 8.73. The van der Waals surface area contributed by atoms with Gasteiger partial charge in [-0.15, -0.1) is 0 Å². The zero-order valence-corrected chi connectivity index (χ0v) is 19.0. The van der Waals surface area contributed by atoms with Gasteiger partial charge < -0.3 is 10.3 Å². The maximum Gasteiger partial charge on any atom is 0.161 e. The van der Waals surface area contributed by atoms with Gasteiger partial charge >= 0.3 is 0 Å². The Morgan fingerprint density at radius 3 is 2.66 bits per heavy atom. The van der Waals surface area contributed by atoms with E-state index in [1.165, 1.54) is 6.07 Å². The van der Waals surface area contributed by atoms with Gasteiger partial charge in [-0.1, -0.05) is 37.3 Å². The van der Waals surface area contributed by atoms with E-state index in [2.05, 4.69) is 38.5 Å². The molecule has 0 saturated heterocycles. The molecule has 6 aromatic rings. The second-order valence-electron chi connectivity index (χ2n) is 8.29. The first-order valence-electron chi connectivity index (χ1n) is 11.5. The second-order valence-corrected chi connectivity index (χ2v) is 8.29. The number of halogens is 1. The average molecular weight is 464 g/mol. The maximum atomic E-state index is 14.5. The van der Waals surface area contributed by atoms with E-state index >= 15 is 0 Å². The highest BCUT2D eigenvalue weighted by Gasteiger charge is 2.17. The number of nitrogens with one attached hydrogen (secondary N) is 3. The van der Waals surface area contributed by atoms with Crippen LogP contribution in [0.5, 0.6) is 0 Å². The van der Waals surface area contributed by atoms with E-state index in [4.69, 9.17) is 9.97 Å². The Balaban J connectivity index is 1.45. The summed E-state index contributed by atoms with van der Waals surface area (Å²) in [6, 6.07) is 18.4. The highest BCUT2D eigenvalue weighted by Crippen LogP contribution is 2.32. The highest BCUT2D eigenvalue weighted by molar-refractivity contribution is 5.96. The molecule has 0 unspecified atom stereocenters. The lowest BCUT2D eigenvalue weighted by atomic mass is 10.0. The largest absolute Gasteiger partial charge is 0.336 e. The minimum absolute atomic E-state index is 0.286. The zero-order chi connectivity index (χ0) is 23.8. The van der Waals surface area contributed by atoms with Gasteiger partial charge in [0.1, 0.15) is 11.3 Å². The lowest BCUT2D eigenvalue weighted by Crippen LogP contribution is -2.11. The molecule has 6 rings (SSSR count). The summed E-state index contributed by atoms with van der Waals surface area (Å²) < 4.78 is 14.5. The van der Waals surface area contributed by atoms with Gasteiger partial charge in [0.15, 0.2) is 11.5 Å². The first-order valence-corrected chi connectivity index (χ1v) is 11.5. The molecule has 0 amide bonds. The molecule has 2 aromatic carbocycles. The molecule has 35 heavy (non-hydrogen) atoms. The Labute approximate surface area is 200 Å².